The van der Waals surface area contributed by atoms with E-state index in [2.05, 4.69) is 77.6 Å². The molecule has 0 bridgehead atoms. The van der Waals surface area contributed by atoms with E-state index >= 15 is 0 Å². The van der Waals surface area contributed by atoms with Gasteiger partial charge in [0.1, 0.15) is 0 Å². The van der Waals surface area contributed by atoms with Crippen LogP contribution in [0, 0.1) is 5.92 Å². The third-order valence-electron chi connectivity index (χ3n) is 6.04. The molecule has 0 saturated carbocycles. The molecule has 2 atom stereocenters. The molecule has 172 valence electrons. The van der Waals surface area contributed by atoms with Crippen LogP contribution in [0.5, 0.6) is 0 Å². The van der Waals surface area contributed by atoms with Crippen LogP contribution in [-0.2, 0) is 20.0 Å². The predicted octanol–water partition coefficient (Wildman–Crippen LogP) is 3.78. The van der Waals surface area contributed by atoms with Crippen LogP contribution in [0.4, 0.5) is 0 Å². The zero-order valence-corrected chi connectivity index (χ0v) is 21.8. The van der Waals surface area contributed by atoms with E-state index in [1.165, 1.54) is 17.5 Å². The van der Waals surface area contributed by atoms with Crippen LogP contribution in [0.25, 0.3) is 0 Å². The van der Waals surface area contributed by atoms with E-state index in [0.29, 0.717) is 12.0 Å². The molecule has 1 aromatic heterocycles. The van der Waals surface area contributed by atoms with Gasteiger partial charge in [0, 0.05) is 52.0 Å². The molecule has 31 heavy (non-hydrogen) atoms. The molecule has 0 amide bonds. The Hall–Kier alpha value is -1.61. The Labute approximate surface area is 205 Å². The summed E-state index contributed by atoms with van der Waals surface area (Å²) in [6, 6.07) is 11.2. The fourth-order valence-electron chi connectivity index (χ4n) is 4.13. The molecule has 7 heteroatoms. The van der Waals surface area contributed by atoms with Crippen molar-refractivity contribution < 1.29 is 0 Å². The molecule has 1 N–H and O–H groups in total. The molecule has 0 spiro atoms. The molecule has 2 unspecified atom stereocenters. The van der Waals surface area contributed by atoms with Crippen molar-refractivity contribution in [1.82, 2.24) is 24.9 Å². The van der Waals surface area contributed by atoms with Crippen LogP contribution in [0.3, 0.4) is 0 Å². The summed E-state index contributed by atoms with van der Waals surface area (Å²) in [5.41, 5.74) is 2.70. The number of guanidine groups is 1. The number of likely N-dealkylation sites (tertiary alicyclic amines) is 1. The summed E-state index contributed by atoms with van der Waals surface area (Å²) in [5, 5.41) is 7.80. The van der Waals surface area contributed by atoms with Gasteiger partial charge in [-0.2, -0.15) is 5.10 Å². The summed E-state index contributed by atoms with van der Waals surface area (Å²) in [5.74, 6) is 1.75. The maximum atomic E-state index is 4.96. The highest BCUT2D eigenvalue weighted by Crippen LogP contribution is 2.21. The van der Waals surface area contributed by atoms with E-state index in [1.807, 2.05) is 17.9 Å². The number of nitrogens with one attached hydrogen (secondary N) is 1. The van der Waals surface area contributed by atoms with Gasteiger partial charge < -0.3 is 10.2 Å². The number of rotatable bonds is 9. The Kier molecular flexibility index (Phi) is 10.8. The molecular weight excluding hydrogens is 499 g/mol. The molecule has 2 heterocycles. The van der Waals surface area contributed by atoms with Gasteiger partial charge in [-0.05, 0) is 57.2 Å². The Bertz CT molecular complexity index is 790. The lowest BCUT2D eigenvalue weighted by molar-refractivity contribution is 0.240. The molecule has 1 aliphatic heterocycles. The van der Waals surface area contributed by atoms with Crippen molar-refractivity contribution in [2.75, 3.05) is 33.2 Å². The third-order valence-corrected chi connectivity index (χ3v) is 6.04. The highest BCUT2D eigenvalue weighted by atomic mass is 127. The predicted molar refractivity (Wildman–Crippen MR) is 140 cm³/mol. The maximum absolute atomic E-state index is 4.96. The standard InChI is InChI=1S/C24H38N6.HI/c1-5-25-24(30-14-12-22(19-30)15-23-16-27-29(4)18-23)26-13-11-20(2)28(3)17-21-9-7-6-8-10-21;/h6-10,16,18,20,22H,5,11-15,17,19H2,1-4H3,(H,25,26);1H. The van der Waals surface area contributed by atoms with E-state index in [1.54, 1.807) is 0 Å². The number of nitrogens with zero attached hydrogens (tertiary/aromatic N) is 5. The fourth-order valence-corrected chi connectivity index (χ4v) is 4.13. The Morgan fingerprint density at radius 2 is 2.06 bits per heavy atom. The van der Waals surface area contributed by atoms with Gasteiger partial charge in [-0.15, -0.1) is 24.0 Å². The molecule has 0 aliphatic carbocycles. The number of halogens is 1. The third kappa shape index (κ3) is 8.11. The SMILES string of the molecule is CCNC(=NCCC(C)N(C)Cc1ccccc1)N1CCC(Cc2cnn(C)c2)C1.I. The van der Waals surface area contributed by atoms with E-state index in [9.17, 15) is 0 Å². The molecule has 6 nitrogen and oxygen atoms in total. The zero-order valence-electron chi connectivity index (χ0n) is 19.5. The van der Waals surface area contributed by atoms with Crippen LogP contribution in [-0.4, -0.2) is 64.8 Å². The Balaban J connectivity index is 0.00000341. The fraction of sp³-hybridized carbons (Fsp3) is 0.583. The summed E-state index contributed by atoms with van der Waals surface area (Å²) in [6.07, 6.45) is 7.51. The van der Waals surface area contributed by atoms with Crippen molar-refractivity contribution in [3.63, 3.8) is 0 Å². The van der Waals surface area contributed by atoms with Crippen LogP contribution in [0.1, 0.15) is 37.8 Å². The molecule has 1 aliphatic rings. The minimum absolute atomic E-state index is 0. The van der Waals surface area contributed by atoms with Gasteiger partial charge >= 0.3 is 0 Å². The molecule has 1 aromatic carbocycles. The topological polar surface area (TPSA) is 48.7 Å². The van der Waals surface area contributed by atoms with Gasteiger partial charge in [0.05, 0.1) is 6.20 Å². The van der Waals surface area contributed by atoms with Gasteiger partial charge in [-0.3, -0.25) is 14.6 Å². The maximum Gasteiger partial charge on any atom is 0.193 e. The summed E-state index contributed by atoms with van der Waals surface area (Å²) in [7, 11) is 4.19. The normalized spacial score (nSPS) is 17.6. The van der Waals surface area contributed by atoms with Gasteiger partial charge in [0.2, 0.25) is 0 Å². The number of hydrogen-bond acceptors (Lipinski definition) is 3. The molecule has 2 aromatic rings. The van der Waals surface area contributed by atoms with Gasteiger partial charge in [-0.1, -0.05) is 30.3 Å². The molecule has 1 fully saturated rings. The number of benzene rings is 1. The first-order valence-electron chi connectivity index (χ1n) is 11.3. The highest BCUT2D eigenvalue weighted by molar-refractivity contribution is 14.0. The molecular formula is C24H39IN6. The molecule has 0 radical (unpaired) electrons. The van der Waals surface area contributed by atoms with E-state index in [4.69, 9.17) is 4.99 Å². The van der Waals surface area contributed by atoms with Crippen LogP contribution >= 0.6 is 24.0 Å². The van der Waals surface area contributed by atoms with Crippen LogP contribution < -0.4 is 5.32 Å². The number of hydrogen-bond donors (Lipinski definition) is 1. The lowest BCUT2D eigenvalue weighted by atomic mass is 10.0. The minimum atomic E-state index is 0. The van der Waals surface area contributed by atoms with E-state index < -0.39 is 0 Å². The summed E-state index contributed by atoms with van der Waals surface area (Å²) >= 11 is 0. The van der Waals surface area contributed by atoms with Crippen molar-refractivity contribution in [2.24, 2.45) is 18.0 Å². The largest absolute Gasteiger partial charge is 0.357 e. The lowest BCUT2D eigenvalue weighted by Crippen LogP contribution is -2.40. The monoisotopic (exact) mass is 538 g/mol. The summed E-state index contributed by atoms with van der Waals surface area (Å²) in [6.45, 7) is 9.34. The van der Waals surface area contributed by atoms with E-state index in [0.717, 1.165) is 51.5 Å². The van der Waals surface area contributed by atoms with Crippen LogP contribution in [0.2, 0.25) is 0 Å². The summed E-state index contributed by atoms with van der Waals surface area (Å²) < 4.78 is 1.89. The van der Waals surface area contributed by atoms with E-state index in [-0.39, 0.29) is 24.0 Å². The van der Waals surface area contributed by atoms with Crippen molar-refractivity contribution >= 4 is 29.9 Å². The first kappa shape index (κ1) is 25.6. The highest BCUT2D eigenvalue weighted by Gasteiger charge is 2.25. The Morgan fingerprint density at radius 3 is 2.74 bits per heavy atom. The van der Waals surface area contributed by atoms with Crippen LogP contribution in [0.15, 0.2) is 47.7 Å². The first-order valence-corrected chi connectivity index (χ1v) is 11.3. The van der Waals surface area contributed by atoms with Crippen molar-refractivity contribution in [3.05, 3.63) is 53.9 Å². The number of aryl methyl sites for hydroxylation is 1. The van der Waals surface area contributed by atoms with Crippen molar-refractivity contribution in [1.29, 1.82) is 0 Å². The van der Waals surface area contributed by atoms with Crippen molar-refractivity contribution in [2.45, 2.75) is 45.7 Å². The first-order chi connectivity index (χ1) is 14.5. The zero-order chi connectivity index (χ0) is 21.3. The quantitative estimate of drug-likeness (QED) is 0.300. The average molecular weight is 539 g/mol. The number of aromatic nitrogens is 2. The Morgan fingerprint density at radius 1 is 1.29 bits per heavy atom. The summed E-state index contributed by atoms with van der Waals surface area (Å²) in [4.78, 5) is 9.81. The lowest BCUT2D eigenvalue weighted by Gasteiger charge is -2.25. The minimum Gasteiger partial charge on any atom is -0.357 e. The second kappa shape index (κ2) is 13.1. The van der Waals surface area contributed by atoms with Gasteiger partial charge in [-0.25, -0.2) is 0 Å². The smallest absolute Gasteiger partial charge is 0.193 e. The number of aliphatic imine (C=N–C) groups is 1. The van der Waals surface area contributed by atoms with Gasteiger partial charge in [0.15, 0.2) is 5.96 Å². The van der Waals surface area contributed by atoms with Gasteiger partial charge in [0.25, 0.3) is 0 Å². The average Bonchev–Trinajstić information content (AvgIpc) is 3.37. The molecule has 1 saturated heterocycles. The second-order valence-corrected chi connectivity index (χ2v) is 8.60. The molecule has 3 rings (SSSR count). The second-order valence-electron chi connectivity index (χ2n) is 8.60. The van der Waals surface area contributed by atoms with Crippen molar-refractivity contribution in [3.8, 4) is 0 Å².